The molecule has 0 bridgehead atoms. The normalized spacial score (nSPS) is 10.7. The second kappa shape index (κ2) is 5.66. The van der Waals surface area contributed by atoms with Gasteiger partial charge in [-0.3, -0.25) is 0 Å². The summed E-state index contributed by atoms with van der Waals surface area (Å²) in [6.07, 6.45) is 1.55. The van der Waals surface area contributed by atoms with Crippen LogP contribution in [0, 0.1) is 0 Å². The lowest BCUT2D eigenvalue weighted by Crippen LogP contribution is -2.24. The molecule has 6 heteroatoms. The van der Waals surface area contributed by atoms with Crippen molar-refractivity contribution in [3.05, 3.63) is 46.3 Å². The van der Waals surface area contributed by atoms with Crippen LogP contribution in [0.2, 0.25) is 5.02 Å². The number of thiophene rings is 1. The number of rotatable bonds is 3. The van der Waals surface area contributed by atoms with Crippen molar-refractivity contribution in [1.29, 1.82) is 0 Å². The molecule has 0 saturated carbocycles. The van der Waals surface area contributed by atoms with Crippen molar-refractivity contribution < 1.29 is 4.79 Å². The van der Waals surface area contributed by atoms with Gasteiger partial charge >= 0.3 is 6.03 Å². The Morgan fingerprint density at radius 3 is 2.67 bits per heavy atom. The molecule has 2 rings (SSSR count). The van der Waals surface area contributed by atoms with Crippen LogP contribution in [-0.2, 0) is 0 Å². The van der Waals surface area contributed by atoms with E-state index in [9.17, 15) is 4.79 Å². The van der Waals surface area contributed by atoms with Gasteiger partial charge in [-0.1, -0.05) is 23.7 Å². The average Bonchev–Trinajstić information content (AvgIpc) is 2.78. The van der Waals surface area contributed by atoms with Crippen molar-refractivity contribution in [1.82, 2.24) is 5.43 Å². The van der Waals surface area contributed by atoms with E-state index in [0.717, 1.165) is 15.3 Å². The zero-order chi connectivity index (χ0) is 13.0. The van der Waals surface area contributed by atoms with Crippen molar-refractivity contribution in [2.24, 2.45) is 10.8 Å². The van der Waals surface area contributed by atoms with Gasteiger partial charge in [-0.15, -0.1) is 11.3 Å². The number of nitrogens with two attached hydrogens (primary N) is 1. The molecule has 4 nitrogen and oxygen atoms in total. The number of hydrogen-bond donors (Lipinski definition) is 2. The van der Waals surface area contributed by atoms with Gasteiger partial charge in [0.15, 0.2) is 0 Å². The molecule has 0 aliphatic carbocycles. The fourth-order valence-corrected chi connectivity index (χ4v) is 2.36. The van der Waals surface area contributed by atoms with Crippen LogP contribution in [0.25, 0.3) is 10.4 Å². The van der Waals surface area contributed by atoms with Crippen LogP contribution in [-0.4, -0.2) is 12.2 Å². The van der Waals surface area contributed by atoms with Gasteiger partial charge in [-0.2, -0.15) is 5.10 Å². The molecule has 1 aromatic heterocycles. The summed E-state index contributed by atoms with van der Waals surface area (Å²) in [5.74, 6) is 0. The molecule has 0 radical (unpaired) electrons. The maximum absolute atomic E-state index is 10.4. The van der Waals surface area contributed by atoms with E-state index >= 15 is 0 Å². The molecule has 0 aliphatic heterocycles. The first kappa shape index (κ1) is 12.6. The standard InChI is InChI=1S/C12H10ClN3OS/c13-9-3-1-8(2-4-9)11-6-5-10(18-11)7-15-16-12(14)17/h1-7H,(H3,14,16,17). The van der Waals surface area contributed by atoms with Gasteiger partial charge in [-0.05, 0) is 29.8 Å². The minimum absolute atomic E-state index is 0.680. The first-order valence-corrected chi connectivity index (χ1v) is 6.29. The van der Waals surface area contributed by atoms with Crippen LogP contribution in [0.15, 0.2) is 41.5 Å². The van der Waals surface area contributed by atoms with Gasteiger partial charge in [0.25, 0.3) is 0 Å². The maximum Gasteiger partial charge on any atom is 0.332 e. The third-order valence-electron chi connectivity index (χ3n) is 2.12. The Morgan fingerprint density at radius 2 is 2.00 bits per heavy atom. The monoisotopic (exact) mass is 279 g/mol. The van der Waals surface area contributed by atoms with Crippen LogP contribution in [0.3, 0.4) is 0 Å². The summed E-state index contributed by atoms with van der Waals surface area (Å²) >= 11 is 7.39. The summed E-state index contributed by atoms with van der Waals surface area (Å²) < 4.78 is 0. The van der Waals surface area contributed by atoms with E-state index in [0.29, 0.717) is 5.02 Å². The molecule has 0 fully saturated rings. The van der Waals surface area contributed by atoms with Crippen molar-refractivity contribution in [3.63, 3.8) is 0 Å². The van der Waals surface area contributed by atoms with E-state index in [4.69, 9.17) is 17.3 Å². The zero-order valence-electron chi connectivity index (χ0n) is 9.26. The van der Waals surface area contributed by atoms with E-state index < -0.39 is 6.03 Å². The molecule has 1 aromatic carbocycles. The summed E-state index contributed by atoms with van der Waals surface area (Å²) in [6, 6.07) is 10.8. The van der Waals surface area contributed by atoms with Crippen LogP contribution >= 0.6 is 22.9 Å². The van der Waals surface area contributed by atoms with Crippen molar-refractivity contribution in [2.45, 2.75) is 0 Å². The second-order valence-electron chi connectivity index (χ2n) is 3.44. The van der Waals surface area contributed by atoms with E-state index in [1.807, 2.05) is 36.4 Å². The molecule has 2 aromatic rings. The van der Waals surface area contributed by atoms with Gasteiger partial charge in [0.05, 0.1) is 6.21 Å². The van der Waals surface area contributed by atoms with Crippen molar-refractivity contribution in [3.8, 4) is 10.4 Å². The quantitative estimate of drug-likeness (QED) is 0.658. The topological polar surface area (TPSA) is 67.5 Å². The first-order valence-electron chi connectivity index (χ1n) is 5.09. The van der Waals surface area contributed by atoms with Gasteiger partial charge in [0, 0.05) is 14.8 Å². The molecular formula is C12H10ClN3OS. The van der Waals surface area contributed by atoms with Crippen molar-refractivity contribution >= 4 is 35.2 Å². The molecule has 0 atom stereocenters. The highest BCUT2D eigenvalue weighted by atomic mass is 35.5. The van der Waals surface area contributed by atoms with Crippen LogP contribution < -0.4 is 11.2 Å². The minimum atomic E-state index is -0.680. The summed E-state index contributed by atoms with van der Waals surface area (Å²) in [4.78, 5) is 12.5. The predicted molar refractivity (Wildman–Crippen MR) is 75.1 cm³/mol. The van der Waals surface area contributed by atoms with Gasteiger partial charge < -0.3 is 5.73 Å². The largest absolute Gasteiger partial charge is 0.350 e. The van der Waals surface area contributed by atoms with E-state index in [1.165, 1.54) is 0 Å². The van der Waals surface area contributed by atoms with Crippen LogP contribution in [0.1, 0.15) is 4.88 Å². The molecule has 2 amide bonds. The Morgan fingerprint density at radius 1 is 1.28 bits per heavy atom. The van der Waals surface area contributed by atoms with E-state index in [-0.39, 0.29) is 0 Å². The Kier molecular flexibility index (Phi) is 3.96. The summed E-state index contributed by atoms with van der Waals surface area (Å²) in [5.41, 5.74) is 8.13. The number of halogens is 1. The van der Waals surface area contributed by atoms with Gasteiger partial charge in [0.1, 0.15) is 0 Å². The van der Waals surface area contributed by atoms with Gasteiger partial charge in [-0.25, -0.2) is 10.2 Å². The number of primary amides is 1. The fourth-order valence-electron chi connectivity index (χ4n) is 1.35. The summed E-state index contributed by atoms with van der Waals surface area (Å²) in [6.45, 7) is 0. The number of urea groups is 1. The zero-order valence-corrected chi connectivity index (χ0v) is 10.8. The number of nitrogens with one attached hydrogen (secondary N) is 1. The lowest BCUT2D eigenvalue weighted by molar-refractivity contribution is 0.249. The minimum Gasteiger partial charge on any atom is -0.350 e. The number of hydrazone groups is 1. The highest BCUT2D eigenvalue weighted by Crippen LogP contribution is 2.28. The summed E-state index contributed by atoms with van der Waals surface area (Å²) in [7, 11) is 0. The molecule has 0 spiro atoms. The van der Waals surface area contributed by atoms with Crippen LogP contribution in [0.5, 0.6) is 0 Å². The third-order valence-corrected chi connectivity index (χ3v) is 3.44. The lowest BCUT2D eigenvalue weighted by atomic mass is 10.2. The number of amides is 2. The fraction of sp³-hybridized carbons (Fsp3) is 0. The molecule has 18 heavy (non-hydrogen) atoms. The maximum atomic E-state index is 10.4. The molecule has 92 valence electrons. The van der Waals surface area contributed by atoms with Crippen molar-refractivity contribution in [2.75, 3.05) is 0 Å². The lowest BCUT2D eigenvalue weighted by Gasteiger charge is -1.96. The first-order chi connectivity index (χ1) is 8.65. The number of benzene rings is 1. The Bertz CT molecular complexity index is 577. The third kappa shape index (κ3) is 3.32. The van der Waals surface area contributed by atoms with E-state index in [2.05, 4.69) is 10.5 Å². The number of carbonyl (C=O) groups is 1. The summed E-state index contributed by atoms with van der Waals surface area (Å²) in [5, 5.41) is 4.41. The van der Waals surface area contributed by atoms with Crippen LogP contribution in [0.4, 0.5) is 4.79 Å². The highest BCUT2D eigenvalue weighted by Gasteiger charge is 2.01. The molecule has 0 aliphatic rings. The van der Waals surface area contributed by atoms with Gasteiger partial charge in [0.2, 0.25) is 0 Å². The number of hydrogen-bond acceptors (Lipinski definition) is 3. The Balaban J connectivity index is 2.12. The van der Waals surface area contributed by atoms with E-state index in [1.54, 1.807) is 17.6 Å². The molecule has 3 N–H and O–H groups in total. The second-order valence-corrected chi connectivity index (χ2v) is 4.99. The smallest absolute Gasteiger partial charge is 0.332 e. The number of nitrogens with zero attached hydrogens (tertiary/aromatic N) is 1. The molecule has 1 heterocycles. The molecule has 0 unspecified atom stereocenters. The molecular weight excluding hydrogens is 270 g/mol. The molecule has 0 saturated heterocycles. The average molecular weight is 280 g/mol. The predicted octanol–water partition coefficient (Wildman–Crippen LogP) is 3.07. The Labute approximate surface area is 113 Å². The highest BCUT2D eigenvalue weighted by molar-refractivity contribution is 7.17. The number of carbonyl (C=O) groups excluding carboxylic acids is 1. The Hall–Kier alpha value is -1.85. The SMILES string of the molecule is NC(=O)NN=Cc1ccc(-c2ccc(Cl)cc2)s1.